The van der Waals surface area contributed by atoms with Gasteiger partial charge in [-0.3, -0.25) is 4.79 Å². The van der Waals surface area contributed by atoms with Gasteiger partial charge in [0, 0.05) is 18.2 Å². The van der Waals surface area contributed by atoms with Gasteiger partial charge >= 0.3 is 0 Å². The summed E-state index contributed by atoms with van der Waals surface area (Å²) in [6, 6.07) is 3.51. The third-order valence-electron chi connectivity index (χ3n) is 2.57. The summed E-state index contributed by atoms with van der Waals surface area (Å²) >= 11 is 0. The van der Waals surface area contributed by atoms with Crippen molar-refractivity contribution in [3.63, 3.8) is 0 Å². The molecule has 0 aliphatic heterocycles. The van der Waals surface area contributed by atoms with E-state index in [1.165, 1.54) is 28.3 Å². The number of hydrogen-bond donors (Lipinski definition) is 1. The summed E-state index contributed by atoms with van der Waals surface area (Å²) in [6.07, 6.45) is 3.29. The van der Waals surface area contributed by atoms with Gasteiger partial charge in [-0.2, -0.15) is 0 Å². The Morgan fingerprint density at radius 3 is 2.05 bits per heavy atom. The molecule has 108 valence electrons. The summed E-state index contributed by atoms with van der Waals surface area (Å²) < 4.78 is 15.8. The average Bonchev–Trinajstić information content (AvgIpc) is 2.44. The first-order valence-corrected chi connectivity index (χ1v) is 5.98. The molecule has 0 bridgehead atoms. The third-order valence-corrected chi connectivity index (χ3v) is 2.57. The lowest BCUT2D eigenvalue weighted by atomic mass is 10.1. The first kappa shape index (κ1) is 15.6. The van der Waals surface area contributed by atoms with Gasteiger partial charge in [0.1, 0.15) is 0 Å². The second kappa shape index (κ2) is 7.23. The van der Waals surface area contributed by atoms with E-state index in [0.717, 1.165) is 5.56 Å². The molecule has 1 aromatic rings. The molecular weight excluding hydrogens is 258 g/mol. The molecule has 0 spiro atoms. The molecule has 1 N–H and O–H groups in total. The van der Waals surface area contributed by atoms with Gasteiger partial charge in [0.15, 0.2) is 11.5 Å². The maximum absolute atomic E-state index is 11.3. The highest BCUT2D eigenvalue weighted by atomic mass is 16.5. The number of methoxy groups -OCH3 is 3. The quantitative estimate of drug-likeness (QED) is 0.811. The number of carbonyl (C=O) groups is 1. The molecule has 1 aromatic carbocycles. The van der Waals surface area contributed by atoms with Crippen molar-refractivity contribution in [2.24, 2.45) is 0 Å². The fourth-order valence-corrected chi connectivity index (χ4v) is 1.75. The Bertz CT molecular complexity index is 510. The highest BCUT2D eigenvalue weighted by molar-refractivity contribution is 5.86. The van der Waals surface area contributed by atoms with E-state index in [4.69, 9.17) is 14.2 Å². The lowest BCUT2D eigenvalue weighted by molar-refractivity contribution is -0.117. The number of nitrogens with one attached hydrogen (secondary N) is 1. The largest absolute Gasteiger partial charge is 0.493 e. The van der Waals surface area contributed by atoms with Crippen LogP contribution in [-0.2, 0) is 4.79 Å². The first-order valence-electron chi connectivity index (χ1n) is 5.98. The molecule has 5 nitrogen and oxygen atoms in total. The topological polar surface area (TPSA) is 56.8 Å². The normalized spacial score (nSPS) is 10.7. The van der Waals surface area contributed by atoms with Crippen LogP contribution in [-0.4, -0.2) is 27.2 Å². The molecule has 0 aromatic heterocycles. The Kier molecular flexibility index (Phi) is 5.65. The highest BCUT2D eigenvalue weighted by Gasteiger charge is 2.15. The predicted molar refractivity (Wildman–Crippen MR) is 78.1 cm³/mol. The van der Waals surface area contributed by atoms with Gasteiger partial charge in [-0.15, -0.1) is 0 Å². The molecule has 0 heterocycles. The number of allylic oxidation sites excluding steroid dienone is 2. The predicted octanol–water partition coefficient (Wildman–Crippen LogP) is 2.38. The standard InChI is InChI=1S/C15H19NO4/c1-6-7-12(16-10(2)17)11-8-13(18-3)15(20-5)14(9-11)19-4/h6-9H,1H2,2-5H3,(H,16,17). The van der Waals surface area contributed by atoms with E-state index >= 15 is 0 Å². The van der Waals surface area contributed by atoms with Crippen LogP contribution >= 0.6 is 0 Å². The Labute approximate surface area is 118 Å². The van der Waals surface area contributed by atoms with E-state index in [9.17, 15) is 4.79 Å². The van der Waals surface area contributed by atoms with Crippen LogP contribution in [0.25, 0.3) is 5.70 Å². The number of rotatable bonds is 6. The number of ether oxygens (including phenoxy) is 3. The average molecular weight is 277 g/mol. The molecule has 1 amide bonds. The minimum Gasteiger partial charge on any atom is -0.493 e. The molecule has 0 saturated carbocycles. The molecule has 0 unspecified atom stereocenters. The van der Waals surface area contributed by atoms with Crippen LogP contribution in [0.15, 0.2) is 30.9 Å². The maximum Gasteiger partial charge on any atom is 0.221 e. The lowest BCUT2D eigenvalue weighted by Gasteiger charge is -2.15. The molecule has 5 heteroatoms. The summed E-state index contributed by atoms with van der Waals surface area (Å²) in [6.45, 7) is 5.08. The highest BCUT2D eigenvalue weighted by Crippen LogP contribution is 2.39. The Morgan fingerprint density at radius 2 is 1.70 bits per heavy atom. The molecule has 0 fully saturated rings. The summed E-state index contributed by atoms with van der Waals surface area (Å²) in [7, 11) is 4.61. The van der Waals surface area contributed by atoms with Gasteiger partial charge in [-0.1, -0.05) is 12.7 Å². The number of carbonyl (C=O) groups excluding carboxylic acids is 1. The van der Waals surface area contributed by atoms with Crippen molar-refractivity contribution in [1.29, 1.82) is 0 Å². The first-order chi connectivity index (χ1) is 9.57. The van der Waals surface area contributed by atoms with E-state index in [2.05, 4.69) is 11.9 Å². The van der Waals surface area contributed by atoms with Crippen molar-refractivity contribution in [2.45, 2.75) is 6.92 Å². The van der Waals surface area contributed by atoms with Crippen molar-refractivity contribution in [3.8, 4) is 17.2 Å². The fourth-order valence-electron chi connectivity index (χ4n) is 1.75. The van der Waals surface area contributed by atoms with Gasteiger partial charge in [-0.05, 0) is 18.2 Å². The van der Waals surface area contributed by atoms with Gasteiger partial charge in [0.2, 0.25) is 11.7 Å². The van der Waals surface area contributed by atoms with E-state index in [1.807, 2.05) is 0 Å². The second-order valence-corrected chi connectivity index (χ2v) is 3.91. The van der Waals surface area contributed by atoms with Crippen LogP contribution in [0.1, 0.15) is 12.5 Å². The van der Waals surface area contributed by atoms with Gasteiger partial charge in [0.05, 0.1) is 21.3 Å². The van der Waals surface area contributed by atoms with Gasteiger partial charge in [-0.25, -0.2) is 0 Å². The molecule has 0 saturated heterocycles. The summed E-state index contributed by atoms with van der Waals surface area (Å²) in [4.78, 5) is 11.3. The number of amides is 1. The van der Waals surface area contributed by atoms with Crippen molar-refractivity contribution >= 4 is 11.6 Å². The number of benzene rings is 1. The van der Waals surface area contributed by atoms with E-state index in [-0.39, 0.29) is 5.91 Å². The zero-order chi connectivity index (χ0) is 15.1. The SMILES string of the molecule is C=CC=C(NC(C)=O)c1cc(OC)c(OC)c(OC)c1. The Morgan fingerprint density at radius 1 is 1.15 bits per heavy atom. The van der Waals surface area contributed by atoms with Crippen LogP contribution in [0.2, 0.25) is 0 Å². The second-order valence-electron chi connectivity index (χ2n) is 3.91. The van der Waals surface area contributed by atoms with Crippen molar-refractivity contribution < 1.29 is 19.0 Å². The zero-order valence-corrected chi connectivity index (χ0v) is 12.1. The van der Waals surface area contributed by atoms with Gasteiger partial charge < -0.3 is 19.5 Å². The molecular formula is C15H19NO4. The van der Waals surface area contributed by atoms with E-state index in [0.29, 0.717) is 22.9 Å². The molecule has 0 aliphatic rings. The van der Waals surface area contributed by atoms with Gasteiger partial charge in [0.25, 0.3) is 0 Å². The van der Waals surface area contributed by atoms with Crippen molar-refractivity contribution in [2.75, 3.05) is 21.3 Å². The minimum absolute atomic E-state index is 0.174. The fraction of sp³-hybridized carbons (Fsp3) is 0.267. The number of hydrogen-bond acceptors (Lipinski definition) is 4. The van der Waals surface area contributed by atoms with Crippen LogP contribution in [0, 0.1) is 0 Å². The van der Waals surface area contributed by atoms with Crippen molar-refractivity contribution in [1.82, 2.24) is 5.32 Å². The Hall–Kier alpha value is -2.43. The zero-order valence-electron chi connectivity index (χ0n) is 12.1. The van der Waals surface area contributed by atoms with E-state index in [1.54, 1.807) is 24.3 Å². The lowest BCUT2D eigenvalue weighted by Crippen LogP contribution is -2.18. The summed E-state index contributed by atoms with van der Waals surface area (Å²) in [5.74, 6) is 1.36. The van der Waals surface area contributed by atoms with Crippen molar-refractivity contribution in [3.05, 3.63) is 36.4 Å². The molecule has 0 atom stereocenters. The maximum atomic E-state index is 11.3. The van der Waals surface area contributed by atoms with Crippen LogP contribution < -0.4 is 19.5 Å². The Balaban J connectivity index is 3.39. The third kappa shape index (κ3) is 3.54. The van der Waals surface area contributed by atoms with Crippen LogP contribution in [0.4, 0.5) is 0 Å². The van der Waals surface area contributed by atoms with Crippen LogP contribution in [0.3, 0.4) is 0 Å². The molecule has 0 radical (unpaired) electrons. The molecule has 20 heavy (non-hydrogen) atoms. The summed E-state index contributed by atoms with van der Waals surface area (Å²) in [5.41, 5.74) is 1.33. The monoisotopic (exact) mass is 277 g/mol. The smallest absolute Gasteiger partial charge is 0.221 e. The minimum atomic E-state index is -0.174. The van der Waals surface area contributed by atoms with Crippen LogP contribution in [0.5, 0.6) is 17.2 Å². The summed E-state index contributed by atoms with van der Waals surface area (Å²) in [5, 5.41) is 2.74. The molecule has 0 aliphatic carbocycles. The van der Waals surface area contributed by atoms with E-state index < -0.39 is 0 Å². The molecule has 1 rings (SSSR count).